The van der Waals surface area contributed by atoms with Crippen LogP contribution in [0.2, 0.25) is 0 Å². The number of para-hydroxylation sites is 1. The van der Waals surface area contributed by atoms with Gasteiger partial charge >= 0.3 is 0 Å². The van der Waals surface area contributed by atoms with Crippen LogP contribution in [0.1, 0.15) is 17.5 Å². The summed E-state index contributed by atoms with van der Waals surface area (Å²) in [7, 11) is 0. The summed E-state index contributed by atoms with van der Waals surface area (Å²) in [5.74, 6) is 1.93. The predicted molar refractivity (Wildman–Crippen MR) is 240 cm³/mol. The molecule has 0 atom stereocenters. The zero-order chi connectivity index (χ0) is 38.2. The average molecular weight is 742 g/mol. The molecular formula is C53H35N5. The smallest absolute Gasteiger partial charge is 0.164 e. The van der Waals surface area contributed by atoms with E-state index in [9.17, 15) is 0 Å². The van der Waals surface area contributed by atoms with Crippen molar-refractivity contribution in [2.45, 2.75) is 12.8 Å². The summed E-state index contributed by atoms with van der Waals surface area (Å²) in [5.41, 5.74) is 12.5. The van der Waals surface area contributed by atoms with Gasteiger partial charge in [0.1, 0.15) is 0 Å². The molecule has 1 aliphatic carbocycles. The fourth-order valence-corrected chi connectivity index (χ4v) is 9.19. The van der Waals surface area contributed by atoms with Crippen molar-refractivity contribution in [2.75, 3.05) is 0 Å². The molecule has 5 nitrogen and oxygen atoms in total. The lowest BCUT2D eigenvalue weighted by Gasteiger charge is -2.16. The molecule has 5 heteroatoms. The third-order valence-corrected chi connectivity index (χ3v) is 11.8. The summed E-state index contributed by atoms with van der Waals surface area (Å²) in [6, 6.07) is 62.6. The van der Waals surface area contributed by atoms with E-state index in [0.717, 1.165) is 40.9 Å². The lowest BCUT2D eigenvalue weighted by atomic mass is 9.95. The zero-order valence-electron chi connectivity index (χ0n) is 31.5. The lowest BCUT2D eigenvalue weighted by molar-refractivity contribution is 0.986. The minimum Gasteiger partial charge on any atom is -0.309 e. The summed E-state index contributed by atoms with van der Waals surface area (Å²) in [5, 5.41) is 7.39. The molecule has 8 aromatic carbocycles. The zero-order valence-corrected chi connectivity index (χ0v) is 31.5. The summed E-state index contributed by atoms with van der Waals surface area (Å²) in [4.78, 5) is 15.2. The lowest BCUT2D eigenvalue weighted by Crippen LogP contribution is -2.02. The Morgan fingerprint density at radius 3 is 1.78 bits per heavy atom. The molecule has 0 amide bonds. The molecule has 0 saturated carbocycles. The number of fused-ring (bicyclic) bond motifs is 11. The van der Waals surface area contributed by atoms with Crippen LogP contribution in [0.3, 0.4) is 0 Å². The van der Waals surface area contributed by atoms with Crippen LogP contribution >= 0.6 is 0 Å². The molecule has 0 spiro atoms. The highest BCUT2D eigenvalue weighted by atomic mass is 15.0. The molecule has 0 bridgehead atoms. The quantitative estimate of drug-likeness (QED) is 0.176. The Kier molecular flexibility index (Phi) is 7.29. The second-order valence-corrected chi connectivity index (χ2v) is 15.1. The van der Waals surface area contributed by atoms with Crippen LogP contribution in [0.25, 0.3) is 106 Å². The van der Waals surface area contributed by atoms with Crippen LogP contribution in [0, 0.1) is 0 Å². The molecule has 0 N–H and O–H groups in total. The Morgan fingerprint density at radius 1 is 0.414 bits per heavy atom. The van der Waals surface area contributed by atoms with E-state index in [-0.39, 0.29) is 0 Å². The summed E-state index contributed by atoms with van der Waals surface area (Å²) >= 11 is 0. The van der Waals surface area contributed by atoms with Crippen LogP contribution in [-0.2, 0) is 6.42 Å². The minimum atomic E-state index is 0.634. The number of aryl methyl sites for hydroxylation is 1. The van der Waals surface area contributed by atoms with Crippen LogP contribution in [0.15, 0.2) is 182 Å². The Labute approximate surface area is 334 Å². The van der Waals surface area contributed by atoms with Crippen molar-refractivity contribution in [1.82, 2.24) is 24.1 Å². The third kappa shape index (κ3) is 5.00. The molecule has 3 aromatic heterocycles. The van der Waals surface area contributed by atoms with Crippen molar-refractivity contribution in [3.63, 3.8) is 0 Å². The van der Waals surface area contributed by atoms with Gasteiger partial charge in [0.25, 0.3) is 0 Å². The standard InChI is InChI=1S/C53H35N5/c1-4-17-36(18-5-1)51-54-52(37-19-6-2-7-20-37)56-53(55-51)38-21-14-24-40(33-38)58-48-41-25-12-10-15-34(41)27-29-43(48)44-31-32-46-47(50(44)58)45-30-28-35-16-11-13-26-42(35)49(45)57(46)39-22-8-3-9-23-39/h1-9,11-14,16-33H,10,15H2. The molecule has 272 valence electrons. The number of nitrogens with zero attached hydrogens (tertiary/aromatic N) is 5. The number of hydrogen-bond donors (Lipinski definition) is 0. The Balaban J connectivity index is 1.20. The highest BCUT2D eigenvalue weighted by Gasteiger charge is 2.25. The van der Waals surface area contributed by atoms with Gasteiger partial charge in [-0.15, -0.1) is 0 Å². The van der Waals surface area contributed by atoms with E-state index in [1.165, 1.54) is 65.5 Å². The van der Waals surface area contributed by atoms with Crippen LogP contribution in [0.5, 0.6) is 0 Å². The first-order valence-electron chi connectivity index (χ1n) is 19.9. The van der Waals surface area contributed by atoms with Crippen molar-refractivity contribution < 1.29 is 0 Å². The largest absolute Gasteiger partial charge is 0.309 e. The number of allylic oxidation sites excluding steroid dienone is 1. The van der Waals surface area contributed by atoms with Gasteiger partial charge < -0.3 is 9.13 Å². The van der Waals surface area contributed by atoms with E-state index in [2.05, 4.69) is 161 Å². The topological polar surface area (TPSA) is 48.5 Å². The summed E-state index contributed by atoms with van der Waals surface area (Å²) in [6.45, 7) is 0. The van der Waals surface area contributed by atoms with E-state index < -0.39 is 0 Å². The Hall–Kier alpha value is -7.63. The molecular weight excluding hydrogens is 707 g/mol. The second kappa shape index (κ2) is 13.0. The molecule has 0 aliphatic heterocycles. The van der Waals surface area contributed by atoms with Gasteiger partial charge in [0.15, 0.2) is 17.5 Å². The van der Waals surface area contributed by atoms with E-state index >= 15 is 0 Å². The molecule has 58 heavy (non-hydrogen) atoms. The minimum absolute atomic E-state index is 0.634. The first-order valence-corrected chi connectivity index (χ1v) is 19.9. The number of benzene rings is 8. The van der Waals surface area contributed by atoms with Crippen molar-refractivity contribution in [3.05, 3.63) is 193 Å². The van der Waals surface area contributed by atoms with E-state index in [0.29, 0.717) is 17.5 Å². The maximum absolute atomic E-state index is 5.13. The highest BCUT2D eigenvalue weighted by Crippen LogP contribution is 2.45. The van der Waals surface area contributed by atoms with Gasteiger partial charge in [-0.3, -0.25) is 0 Å². The molecule has 0 saturated heterocycles. The van der Waals surface area contributed by atoms with Crippen molar-refractivity contribution in [1.29, 1.82) is 0 Å². The van der Waals surface area contributed by atoms with Crippen molar-refractivity contribution in [3.8, 4) is 45.5 Å². The second-order valence-electron chi connectivity index (χ2n) is 15.1. The average Bonchev–Trinajstić information content (AvgIpc) is 3.83. The monoisotopic (exact) mass is 741 g/mol. The van der Waals surface area contributed by atoms with Crippen LogP contribution < -0.4 is 0 Å². The van der Waals surface area contributed by atoms with Gasteiger partial charge in [0.2, 0.25) is 0 Å². The van der Waals surface area contributed by atoms with Gasteiger partial charge in [0, 0.05) is 60.6 Å². The van der Waals surface area contributed by atoms with E-state index in [1.807, 2.05) is 36.4 Å². The molecule has 0 radical (unpaired) electrons. The molecule has 12 rings (SSSR count). The fraction of sp³-hybridized carbons (Fsp3) is 0.0377. The van der Waals surface area contributed by atoms with Crippen molar-refractivity contribution in [2.24, 2.45) is 0 Å². The van der Waals surface area contributed by atoms with E-state index in [4.69, 9.17) is 15.0 Å². The number of rotatable bonds is 5. The Morgan fingerprint density at radius 2 is 1.02 bits per heavy atom. The van der Waals surface area contributed by atoms with Crippen LogP contribution in [0.4, 0.5) is 0 Å². The normalized spacial score (nSPS) is 12.6. The summed E-state index contributed by atoms with van der Waals surface area (Å²) in [6.07, 6.45) is 6.73. The maximum atomic E-state index is 5.13. The first-order chi connectivity index (χ1) is 28.8. The molecule has 0 unspecified atom stereocenters. The highest BCUT2D eigenvalue weighted by molar-refractivity contribution is 6.29. The van der Waals surface area contributed by atoms with Gasteiger partial charge in [-0.2, -0.15) is 0 Å². The molecule has 3 heterocycles. The molecule has 1 aliphatic rings. The fourth-order valence-electron chi connectivity index (χ4n) is 9.19. The van der Waals surface area contributed by atoms with Gasteiger partial charge in [-0.05, 0) is 54.1 Å². The van der Waals surface area contributed by atoms with Crippen LogP contribution in [-0.4, -0.2) is 24.1 Å². The molecule has 0 fully saturated rings. The SMILES string of the molecule is C1=Cc2c(ccc3c4ccc5c(c6ccc7ccccc7c6n5-c5ccccc5)c4n(-c4cccc(-c5nc(-c6ccccc6)nc(-c6ccccc6)n5)c4)c23)CC1. The number of aromatic nitrogens is 5. The van der Waals surface area contributed by atoms with Gasteiger partial charge in [-0.25, -0.2) is 15.0 Å². The number of hydrogen-bond acceptors (Lipinski definition) is 3. The maximum Gasteiger partial charge on any atom is 0.164 e. The molecule has 11 aromatic rings. The summed E-state index contributed by atoms with van der Waals surface area (Å²) < 4.78 is 4.98. The first kappa shape index (κ1) is 32.6. The van der Waals surface area contributed by atoms with E-state index in [1.54, 1.807) is 0 Å². The van der Waals surface area contributed by atoms with Gasteiger partial charge in [-0.1, -0.05) is 158 Å². The van der Waals surface area contributed by atoms with Gasteiger partial charge in [0.05, 0.1) is 22.1 Å². The van der Waals surface area contributed by atoms with Crippen molar-refractivity contribution >= 4 is 60.5 Å². The predicted octanol–water partition coefficient (Wildman–Crippen LogP) is 13.2. The third-order valence-electron chi connectivity index (χ3n) is 11.8. The Bertz CT molecular complexity index is 3370.